The average molecular weight is 455 g/mol. The van der Waals surface area contributed by atoms with Crippen molar-refractivity contribution in [1.82, 2.24) is 10.2 Å². The normalized spacial score (nSPS) is 17.7. The Labute approximate surface area is 196 Å². The molecule has 0 saturated carbocycles. The molecule has 1 saturated heterocycles. The summed E-state index contributed by atoms with van der Waals surface area (Å²) in [5.41, 5.74) is 2.44. The fourth-order valence-corrected chi connectivity index (χ4v) is 4.31. The molecule has 1 N–H and O–H groups in total. The molecule has 7 heteroatoms. The van der Waals surface area contributed by atoms with Crippen LogP contribution in [0.3, 0.4) is 0 Å². The van der Waals surface area contributed by atoms with Crippen molar-refractivity contribution in [3.8, 4) is 17.2 Å². The predicted octanol–water partition coefficient (Wildman–Crippen LogP) is 3.65. The number of carbonyl (C=O) groups excluding carboxylic acids is 2. The molecule has 0 aliphatic carbocycles. The summed E-state index contributed by atoms with van der Waals surface area (Å²) in [6.45, 7) is 7.39. The van der Waals surface area contributed by atoms with Gasteiger partial charge in [-0.25, -0.2) is 0 Å². The van der Waals surface area contributed by atoms with Gasteiger partial charge in [-0.05, 0) is 42.2 Å². The molecule has 0 bridgehead atoms. The van der Waals surface area contributed by atoms with E-state index in [1.165, 1.54) is 0 Å². The molecule has 2 atom stereocenters. The van der Waals surface area contributed by atoms with Gasteiger partial charge < -0.3 is 24.4 Å². The number of benzene rings is 2. The molecule has 0 radical (unpaired) electrons. The lowest BCUT2D eigenvalue weighted by Gasteiger charge is -2.21. The molecular weight excluding hydrogens is 420 g/mol. The maximum atomic E-state index is 13.4. The van der Waals surface area contributed by atoms with Crippen molar-refractivity contribution in [3.05, 3.63) is 53.1 Å². The smallest absolute Gasteiger partial charge is 0.254 e. The summed E-state index contributed by atoms with van der Waals surface area (Å²) in [6, 6.07) is 11.3. The van der Waals surface area contributed by atoms with Crippen molar-refractivity contribution in [1.29, 1.82) is 0 Å². The van der Waals surface area contributed by atoms with E-state index in [2.05, 4.69) is 19.2 Å². The van der Waals surface area contributed by atoms with E-state index in [0.29, 0.717) is 48.4 Å². The number of aryl methyl sites for hydroxylation is 1. The predicted molar refractivity (Wildman–Crippen MR) is 127 cm³/mol. The van der Waals surface area contributed by atoms with Gasteiger partial charge in [0, 0.05) is 31.1 Å². The SMILES string of the molecule is COc1cc(C2CN(C(=O)c3ccccc3C)CC2C(=O)NCC(C)C)cc(OC)c1OC. The van der Waals surface area contributed by atoms with E-state index >= 15 is 0 Å². The zero-order valence-electron chi connectivity index (χ0n) is 20.3. The number of nitrogens with one attached hydrogen (secondary N) is 1. The van der Waals surface area contributed by atoms with Gasteiger partial charge in [-0.3, -0.25) is 9.59 Å². The fraction of sp³-hybridized carbons (Fsp3) is 0.462. The maximum Gasteiger partial charge on any atom is 0.254 e. The summed E-state index contributed by atoms with van der Waals surface area (Å²) in [5, 5.41) is 3.05. The Morgan fingerprint density at radius 2 is 1.67 bits per heavy atom. The molecule has 7 nitrogen and oxygen atoms in total. The first-order valence-electron chi connectivity index (χ1n) is 11.2. The first-order valence-corrected chi connectivity index (χ1v) is 11.2. The second-order valence-corrected chi connectivity index (χ2v) is 8.84. The van der Waals surface area contributed by atoms with Crippen LogP contribution in [0.2, 0.25) is 0 Å². The van der Waals surface area contributed by atoms with Crippen molar-refractivity contribution in [2.24, 2.45) is 11.8 Å². The molecule has 178 valence electrons. The van der Waals surface area contributed by atoms with Gasteiger partial charge in [0.25, 0.3) is 5.91 Å². The third-order valence-corrected chi connectivity index (χ3v) is 6.12. The highest BCUT2D eigenvalue weighted by atomic mass is 16.5. The molecule has 2 unspecified atom stereocenters. The zero-order chi connectivity index (χ0) is 24.1. The Morgan fingerprint density at radius 1 is 1.03 bits per heavy atom. The summed E-state index contributed by atoms with van der Waals surface area (Å²) in [5.74, 6) is 1.16. The number of hydrogen-bond acceptors (Lipinski definition) is 5. The lowest BCUT2D eigenvalue weighted by molar-refractivity contribution is -0.125. The highest BCUT2D eigenvalue weighted by Gasteiger charge is 2.41. The fourth-order valence-electron chi connectivity index (χ4n) is 4.31. The van der Waals surface area contributed by atoms with E-state index in [0.717, 1.165) is 11.1 Å². The number of carbonyl (C=O) groups is 2. The first kappa shape index (κ1) is 24.4. The summed E-state index contributed by atoms with van der Waals surface area (Å²) >= 11 is 0. The second kappa shape index (κ2) is 10.6. The van der Waals surface area contributed by atoms with Crippen molar-refractivity contribution < 1.29 is 23.8 Å². The molecule has 2 aromatic rings. The van der Waals surface area contributed by atoms with E-state index in [9.17, 15) is 9.59 Å². The number of ether oxygens (including phenoxy) is 3. The van der Waals surface area contributed by atoms with Crippen LogP contribution in [-0.2, 0) is 4.79 Å². The monoisotopic (exact) mass is 454 g/mol. The van der Waals surface area contributed by atoms with Crippen LogP contribution in [0.1, 0.15) is 41.3 Å². The lowest BCUT2D eigenvalue weighted by atomic mass is 9.87. The molecule has 1 heterocycles. The number of amides is 2. The van der Waals surface area contributed by atoms with Gasteiger partial charge in [-0.2, -0.15) is 0 Å². The van der Waals surface area contributed by atoms with Gasteiger partial charge in [-0.1, -0.05) is 32.0 Å². The highest BCUT2D eigenvalue weighted by molar-refractivity contribution is 5.96. The molecule has 33 heavy (non-hydrogen) atoms. The van der Waals surface area contributed by atoms with Crippen molar-refractivity contribution in [3.63, 3.8) is 0 Å². The van der Waals surface area contributed by atoms with Crippen molar-refractivity contribution in [2.75, 3.05) is 41.0 Å². The van der Waals surface area contributed by atoms with Gasteiger partial charge in [0.15, 0.2) is 11.5 Å². The van der Waals surface area contributed by atoms with Crippen LogP contribution in [0, 0.1) is 18.8 Å². The van der Waals surface area contributed by atoms with Crippen LogP contribution >= 0.6 is 0 Å². The highest BCUT2D eigenvalue weighted by Crippen LogP contribution is 2.43. The van der Waals surface area contributed by atoms with Crippen LogP contribution in [0.4, 0.5) is 0 Å². The third-order valence-electron chi connectivity index (χ3n) is 6.12. The Kier molecular flexibility index (Phi) is 7.84. The topological polar surface area (TPSA) is 77.1 Å². The van der Waals surface area contributed by atoms with Crippen LogP contribution in [0.5, 0.6) is 17.2 Å². The van der Waals surface area contributed by atoms with Crippen LogP contribution in [0.25, 0.3) is 0 Å². The van der Waals surface area contributed by atoms with Crippen molar-refractivity contribution in [2.45, 2.75) is 26.7 Å². The first-order chi connectivity index (χ1) is 15.8. The Bertz CT molecular complexity index is 979. The minimum absolute atomic E-state index is 0.0532. The van der Waals surface area contributed by atoms with Gasteiger partial charge in [0.05, 0.1) is 27.2 Å². The van der Waals surface area contributed by atoms with E-state index < -0.39 is 0 Å². The average Bonchev–Trinajstić information content (AvgIpc) is 3.27. The number of nitrogens with zero attached hydrogens (tertiary/aromatic N) is 1. The van der Waals surface area contributed by atoms with Gasteiger partial charge in [-0.15, -0.1) is 0 Å². The minimum Gasteiger partial charge on any atom is -0.493 e. The van der Waals surface area contributed by atoms with Crippen LogP contribution in [0.15, 0.2) is 36.4 Å². The molecule has 0 aromatic heterocycles. The molecule has 2 aromatic carbocycles. The Morgan fingerprint density at radius 3 is 2.21 bits per heavy atom. The number of hydrogen-bond donors (Lipinski definition) is 1. The largest absolute Gasteiger partial charge is 0.493 e. The molecular formula is C26H34N2O5. The Hall–Kier alpha value is -3.22. The van der Waals surface area contributed by atoms with Gasteiger partial charge >= 0.3 is 0 Å². The standard InChI is InChI=1S/C26H34N2O5/c1-16(2)13-27-25(29)21-15-28(26(30)19-10-8-7-9-17(19)3)14-20(21)18-11-22(31-4)24(33-6)23(12-18)32-5/h7-12,16,20-21H,13-15H2,1-6H3,(H,27,29). The van der Waals surface area contributed by atoms with Crippen LogP contribution < -0.4 is 19.5 Å². The maximum absolute atomic E-state index is 13.4. The lowest BCUT2D eigenvalue weighted by Crippen LogP contribution is -2.37. The molecule has 1 aliphatic rings. The zero-order valence-corrected chi connectivity index (χ0v) is 20.3. The molecule has 1 fully saturated rings. The quantitative estimate of drug-likeness (QED) is 0.659. The van der Waals surface area contributed by atoms with Gasteiger partial charge in [0.2, 0.25) is 11.7 Å². The van der Waals surface area contributed by atoms with Crippen molar-refractivity contribution >= 4 is 11.8 Å². The Balaban J connectivity index is 1.98. The molecule has 2 amide bonds. The van der Waals surface area contributed by atoms with E-state index in [1.54, 1.807) is 26.2 Å². The van der Waals surface area contributed by atoms with Gasteiger partial charge in [0.1, 0.15) is 0 Å². The number of methoxy groups -OCH3 is 3. The van der Waals surface area contributed by atoms with E-state index in [4.69, 9.17) is 14.2 Å². The summed E-state index contributed by atoms with van der Waals surface area (Å²) in [6.07, 6.45) is 0. The molecule has 0 spiro atoms. The molecule has 3 rings (SSSR count). The third kappa shape index (κ3) is 5.24. The second-order valence-electron chi connectivity index (χ2n) is 8.84. The summed E-state index contributed by atoms with van der Waals surface area (Å²) < 4.78 is 16.5. The summed E-state index contributed by atoms with van der Waals surface area (Å²) in [7, 11) is 4.69. The van der Waals surface area contributed by atoms with E-state index in [-0.39, 0.29) is 23.7 Å². The summed E-state index contributed by atoms with van der Waals surface area (Å²) in [4.78, 5) is 28.3. The molecule has 1 aliphatic heterocycles. The number of rotatable bonds is 8. The number of likely N-dealkylation sites (tertiary alicyclic amines) is 1. The van der Waals surface area contributed by atoms with E-state index in [1.807, 2.05) is 43.3 Å². The minimum atomic E-state index is -0.389. The van der Waals surface area contributed by atoms with Crippen LogP contribution in [-0.4, -0.2) is 57.7 Å².